The van der Waals surface area contributed by atoms with E-state index in [4.69, 9.17) is 0 Å². The van der Waals surface area contributed by atoms with Crippen LogP contribution in [0.3, 0.4) is 0 Å². The van der Waals surface area contributed by atoms with Gasteiger partial charge in [-0.2, -0.15) is 0 Å². The summed E-state index contributed by atoms with van der Waals surface area (Å²) in [6, 6.07) is 13.6. The maximum atomic E-state index is 13.0. The van der Waals surface area contributed by atoms with Crippen molar-refractivity contribution < 1.29 is 4.39 Å². The molecule has 24 heavy (non-hydrogen) atoms. The van der Waals surface area contributed by atoms with Gasteiger partial charge >= 0.3 is 0 Å². The summed E-state index contributed by atoms with van der Waals surface area (Å²) >= 11 is 0. The molecule has 0 atom stereocenters. The highest BCUT2D eigenvalue weighted by atomic mass is 19.1. The minimum atomic E-state index is -0.268. The summed E-state index contributed by atoms with van der Waals surface area (Å²) in [5, 5.41) is 0.632. The summed E-state index contributed by atoms with van der Waals surface area (Å²) in [5.74, 6) is 0.354. The number of para-hydroxylation sites is 1. The summed E-state index contributed by atoms with van der Waals surface area (Å²) < 4.78 is 14.7. The maximum Gasteiger partial charge on any atom is 0.261 e. The molecule has 0 fully saturated rings. The molecule has 4 heteroatoms. The smallest absolute Gasteiger partial charge is 0.261 e. The number of hydrogen-bond acceptors (Lipinski definition) is 2. The molecule has 1 aromatic heterocycles. The van der Waals surface area contributed by atoms with Gasteiger partial charge in [0.2, 0.25) is 0 Å². The van der Waals surface area contributed by atoms with Gasteiger partial charge in [0.25, 0.3) is 5.56 Å². The molecule has 0 radical (unpaired) electrons. The zero-order chi connectivity index (χ0) is 16.9. The molecule has 0 saturated heterocycles. The van der Waals surface area contributed by atoms with E-state index >= 15 is 0 Å². The van der Waals surface area contributed by atoms with Gasteiger partial charge < -0.3 is 0 Å². The minimum absolute atomic E-state index is 0.0205. The Morgan fingerprint density at radius 2 is 1.83 bits per heavy atom. The first-order chi connectivity index (χ1) is 11.7. The van der Waals surface area contributed by atoms with Crippen LogP contribution in [-0.4, -0.2) is 9.55 Å². The van der Waals surface area contributed by atoms with Crippen molar-refractivity contribution in [3.05, 3.63) is 76.1 Å². The average molecular weight is 322 g/mol. The molecule has 3 aromatic rings. The third-order valence-corrected chi connectivity index (χ3v) is 3.92. The number of fused-ring (bicyclic) bond motifs is 1. The van der Waals surface area contributed by atoms with Crippen LogP contribution in [0.25, 0.3) is 23.1 Å². The fourth-order valence-electron chi connectivity index (χ4n) is 2.59. The Hall–Kier alpha value is -2.75. The van der Waals surface area contributed by atoms with Gasteiger partial charge in [0.15, 0.2) is 0 Å². The minimum Gasteiger partial charge on any atom is -0.293 e. The number of benzene rings is 2. The van der Waals surface area contributed by atoms with Gasteiger partial charge in [-0.05, 0) is 42.3 Å². The fourth-order valence-corrected chi connectivity index (χ4v) is 2.59. The van der Waals surface area contributed by atoms with E-state index in [0.29, 0.717) is 23.3 Å². The van der Waals surface area contributed by atoms with Crippen LogP contribution in [0.1, 0.15) is 31.2 Å². The zero-order valence-electron chi connectivity index (χ0n) is 13.6. The van der Waals surface area contributed by atoms with Crippen molar-refractivity contribution in [2.45, 2.75) is 26.3 Å². The first-order valence-electron chi connectivity index (χ1n) is 8.12. The van der Waals surface area contributed by atoms with Crippen molar-refractivity contribution >= 4 is 23.1 Å². The first kappa shape index (κ1) is 16.1. The highest BCUT2D eigenvalue weighted by Gasteiger charge is 2.08. The van der Waals surface area contributed by atoms with Crippen LogP contribution in [-0.2, 0) is 6.54 Å². The molecule has 0 aliphatic rings. The second kappa shape index (κ2) is 7.21. The first-order valence-corrected chi connectivity index (χ1v) is 8.12. The summed E-state index contributed by atoms with van der Waals surface area (Å²) in [5.41, 5.74) is 1.53. The predicted molar refractivity (Wildman–Crippen MR) is 96.2 cm³/mol. The summed E-state index contributed by atoms with van der Waals surface area (Å²) in [6.45, 7) is 2.73. The van der Waals surface area contributed by atoms with Gasteiger partial charge in [-0.3, -0.25) is 9.36 Å². The Labute approximate surface area is 140 Å². The second-order valence-electron chi connectivity index (χ2n) is 5.68. The molecule has 0 aliphatic heterocycles. The van der Waals surface area contributed by atoms with Gasteiger partial charge in [-0.15, -0.1) is 0 Å². The number of hydrogen-bond donors (Lipinski definition) is 0. The van der Waals surface area contributed by atoms with Crippen molar-refractivity contribution in [3.8, 4) is 0 Å². The SMILES string of the molecule is CCCCn1c(/C=C/c2ccc(F)cc2)nc2ccccc2c1=O. The predicted octanol–water partition coefficient (Wildman–Crippen LogP) is 4.51. The van der Waals surface area contributed by atoms with Crippen LogP contribution < -0.4 is 5.56 Å². The number of aromatic nitrogens is 2. The van der Waals surface area contributed by atoms with E-state index in [-0.39, 0.29) is 11.4 Å². The van der Waals surface area contributed by atoms with Crippen molar-refractivity contribution in [2.75, 3.05) is 0 Å². The fraction of sp³-hybridized carbons (Fsp3) is 0.200. The van der Waals surface area contributed by atoms with E-state index in [1.165, 1.54) is 12.1 Å². The topological polar surface area (TPSA) is 34.9 Å². The lowest BCUT2D eigenvalue weighted by molar-refractivity contribution is 0.603. The Balaban J connectivity index is 2.07. The molecule has 3 rings (SSSR count). The summed E-state index contributed by atoms with van der Waals surface area (Å²) in [7, 11) is 0. The van der Waals surface area contributed by atoms with E-state index < -0.39 is 0 Å². The van der Waals surface area contributed by atoms with E-state index in [1.807, 2.05) is 30.4 Å². The molecular formula is C20H19FN2O. The van der Waals surface area contributed by atoms with Gasteiger partial charge in [-0.1, -0.05) is 43.7 Å². The average Bonchev–Trinajstić information content (AvgIpc) is 2.61. The molecule has 0 spiro atoms. The lowest BCUT2D eigenvalue weighted by Gasteiger charge is -2.10. The molecule has 1 heterocycles. The van der Waals surface area contributed by atoms with Crippen LogP contribution in [0.4, 0.5) is 4.39 Å². The van der Waals surface area contributed by atoms with E-state index in [9.17, 15) is 9.18 Å². The monoisotopic (exact) mass is 322 g/mol. The zero-order valence-corrected chi connectivity index (χ0v) is 13.6. The summed E-state index contributed by atoms with van der Waals surface area (Å²) in [6.07, 6.45) is 5.58. The maximum absolute atomic E-state index is 13.0. The highest BCUT2D eigenvalue weighted by molar-refractivity contribution is 5.79. The molecule has 2 aromatic carbocycles. The lowest BCUT2D eigenvalue weighted by atomic mass is 10.2. The Bertz CT molecular complexity index is 927. The molecule has 0 unspecified atom stereocenters. The van der Waals surface area contributed by atoms with Crippen LogP contribution in [0.5, 0.6) is 0 Å². The molecule has 0 saturated carbocycles. The van der Waals surface area contributed by atoms with E-state index in [0.717, 1.165) is 18.4 Å². The third-order valence-electron chi connectivity index (χ3n) is 3.92. The Morgan fingerprint density at radius 1 is 1.08 bits per heavy atom. The largest absolute Gasteiger partial charge is 0.293 e. The number of rotatable bonds is 5. The molecule has 0 N–H and O–H groups in total. The van der Waals surface area contributed by atoms with Crippen molar-refractivity contribution in [1.82, 2.24) is 9.55 Å². The number of unbranched alkanes of at least 4 members (excludes halogenated alkanes) is 1. The van der Waals surface area contributed by atoms with Crippen molar-refractivity contribution in [1.29, 1.82) is 0 Å². The van der Waals surface area contributed by atoms with E-state index in [1.54, 1.807) is 22.8 Å². The van der Waals surface area contributed by atoms with Crippen molar-refractivity contribution in [3.63, 3.8) is 0 Å². The highest BCUT2D eigenvalue weighted by Crippen LogP contribution is 2.12. The summed E-state index contributed by atoms with van der Waals surface area (Å²) in [4.78, 5) is 17.4. The standard InChI is InChI=1S/C20H19FN2O/c1-2-3-14-23-19(13-10-15-8-11-16(21)12-9-15)22-18-7-5-4-6-17(18)20(23)24/h4-13H,2-3,14H2,1H3/b13-10+. The van der Waals surface area contributed by atoms with Crippen LogP contribution >= 0.6 is 0 Å². The number of halogens is 1. The Kier molecular flexibility index (Phi) is 4.85. The third kappa shape index (κ3) is 3.43. The Morgan fingerprint density at radius 3 is 2.58 bits per heavy atom. The van der Waals surface area contributed by atoms with Crippen LogP contribution in [0.2, 0.25) is 0 Å². The molecule has 0 amide bonds. The number of nitrogens with zero attached hydrogens (tertiary/aromatic N) is 2. The van der Waals surface area contributed by atoms with Crippen molar-refractivity contribution in [2.24, 2.45) is 0 Å². The van der Waals surface area contributed by atoms with Gasteiger partial charge in [0.05, 0.1) is 10.9 Å². The molecule has 3 nitrogen and oxygen atoms in total. The van der Waals surface area contributed by atoms with E-state index in [2.05, 4.69) is 11.9 Å². The second-order valence-corrected chi connectivity index (χ2v) is 5.68. The van der Waals surface area contributed by atoms with Gasteiger partial charge in [0, 0.05) is 6.54 Å². The van der Waals surface area contributed by atoms with Gasteiger partial charge in [0.1, 0.15) is 11.6 Å². The molecule has 0 bridgehead atoms. The molecule has 0 aliphatic carbocycles. The van der Waals surface area contributed by atoms with Gasteiger partial charge in [-0.25, -0.2) is 9.37 Å². The normalized spacial score (nSPS) is 11.4. The molecule has 122 valence electrons. The lowest BCUT2D eigenvalue weighted by Crippen LogP contribution is -2.24. The van der Waals surface area contributed by atoms with Crippen LogP contribution in [0, 0.1) is 5.82 Å². The quantitative estimate of drug-likeness (QED) is 0.693. The molecular weight excluding hydrogens is 303 g/mol. The van der Waals surface area contributed by atoms with Crippen LogP contribution in [0.15, 0.2) is 53.3 Å².